The summed E-state index contributed by atoms with van der Waals surface area (Å²) in [6, 6.07) is 0. The van der Waals surface area contributed by atoms with E-state index in [0.717, 1.165) is 13.0 Å². The van der Waals surface area contributed by atoms with E-state index in [1.807, 2.05) is 7.05 Å². The van der Waals surface area contributed by atoms with Gasteiger partial charge in [-0.15, -0.1) is 12.4 Å². The predicted octanol–water partition coefficient (Wildman–Crippen LogP) is -0.871. The highest BCUT2D eigenvalue weighted by Crippen LogP contribution is 2.14. The molecule has 10 heteroatoms. The monoisotopic (exact) mass is 370 g/mol. The average Bonchev–Trinajstić information content (AvgIpc) is 2.56. The summed E-state index contributed by atoms with van der Waals surface area (Å²) in [7, 11) is -1.56. The van der Waals surface area contributed by atoms with Gasteiger partial charge in [0, 0.05) is 45.7 Å². The van der Waals surface area contributed by atoms with Gasteiger partial charge < -0.3 is 15.0 Å². The van der Waals surface area contributed by atoms with Crippen LogP contribution in [0, 0.1) is 0 Å². The molecule has 2 aliphatic rings. The average molecular weight is 371 g/mol. The van der Waals surface area contributed by atoms with Gasteiger partial charge in [0.15, 0.2) is 0 Å². The van der Waals surface area contributed by atoms with Crippen LogP contribution in [0.15, 0.2) is 0 Å². The molecule has 8 nitrogen and oxygen atoms in total. The molecule has 0 radical (unpaired) electrons. The van der Waals surface area contributed by atoms with Crippen molar-refractivity contribution in [2.75, 3.05) is 66.1 Å². The number of amides is 1. The Morgan fingerprint density at radius 2 is 1.61 bits per heavy atom. The number of rotatable bonds is 6. The molecule has 23 heavy (non-hydrogen) atoms. The zero-order chi connectivity index (χ0) is 16.0. The Kier molecular flexibility index (Phi) is 8.73. The molecule has 1 amide bonds. The SMILES string of the molecule is CNCCCC(=O)N1CCN(S(=O)(=O)N2CCOCC2)CC1.Cl. The fourth-order valence-electron chi connectivity index (χ4n) is 2.68. The van der Waals surface area contributed by atoms with Gasteiger partial charge >= 0.3 is 0 Å². The molecule has 0 spiro atoms. The Labute approximate surface area is 144 Å². The first-order chi connectivity index (χ1) is 10.6. The van der Waals surface area contributed by atoms with Gasteiger partial charge in [0.1, 0.15) is 0 Å². The lowest BCUT2D eigenvalue weighted by Crippen LogP contribution is -2.55. The largest absolute Gasteiger partial charge is 0.379 e. The number of nitrogens with zero attached hydrogens (tertiary/aromatic N) is 3. The minimum atomic E-state index is -3.42. The lowest BCUT2D eigenvalue weighted by Gasteiger charge is -2.37. The maximum Gasteiger partial charge on any atom is 0.282 e. The van der Waals surface area contributed by atoms with Crippen LogP contribution in [0.5, 0.6) is 0 Å². The first-order valence-electron chi connectivity index (χ1n) is 7.81. The normalized spacial score (nSPS) is 21.0. The standard InChI is InChI=1S/C13H26N4O4S.ClH/c1-14-4-2-3-13(18)15-5-7-16(8-6-15)22(19,20)17-9-11-21-12-10-17;/h14H,2-12H2,1H3;1H. The summed E-state index contributed by atoms with van der Waals surface area (Å²) < 4.78 is 33.2. The number of hydrogen-bond acceptors (Lipinski definition) is 5. The molecular weight excluding hydrogens is 344 g/mol. The van der Waals surface area contributed by atoms with Gasteiger partial charge in [-0.1, -0.05) is 0 Å². The highest BCUT2D eigenvalue weighted by Gasteiger charge is 2.33. The van der Waals surface area contributed by atoms with E-state index in [2.05, 4.69) is 5.32 Å². The number of nitrogens with one attached hydrogen (secondary N) is 1. The molecule has 0 bridgehead atoms. The highest BCUT2D eigenvalue weighted by atomic mass is 35.5. The topological polar surface area (TPSA) is 82.2 Å². The van der Waals surface area contributed by atoms with Crippen molar-refractivity contribution in [3.8, 4) is 0 Å². The Morgan fingerprint density at radius 3 is 2.17 bits per heavy atom. The molecule has 2 heterocycles. The van der Waals surface area contributed by atoms with Crippen molar-refractivity contribution in [1.82, 2.24) is 18.8 Å². The van der Waals surface area contributed by atoms with E-state index in [1.54, 1.807) is 4.90 Å². The van der Waals surface area contributed by atoms with Crippen LogP contribution in [-0.2, 0) is 19.7 Å². The Hall–Kier alpha value is -0.450. The molecule has 0 aromatic heterocycles. The number of carbonyl (C=O) groups excluding carboxylic acids is 1. The second-order valence-electron chi connectivity index (χ2n) is 5.51. The van der Waals surface area contributed by atoms with E-state index in [0.29, 0.717) is 58.9 Å². The summed E-state index contributed by atoms with van der Waals surface area (Å²) in [6.45, 7) is 4.22. The van der Waals surface area contributed by atoms with Crippen molar-refractivity contribution >= 4 is 28.5 Å². The van der Waals surface area contributed by atoms with E-state index in [1.165, 1.54) is 8.61 Å². The summed E-state index contributed by atoms with van der Waals surface area (Å²) in [5.41, 5.74) is 0. The number of ether oxygens (including phenoxy) is 1. The van der Waals surface area contributed by atoms with Gasteiger partial charge in [-0.3, -0.25) is 4.79 Å². The third-order valence-electron chi connectivity index (χ3n) is 4.03. The molecule has 0 saturated carbocycles. The summed E-state index contributed by atoms with van der Waals surface area (Å²) in [4.78, 5) is 13.8. The highest BCUT2D eigenvalue weighted by molar-refractivity contribution is 7.86. The van der Waals surface area contributed by atoms with Gasteiger partial charge in [0.05, 0.1) is 13.2 Å². The van der Waals surface area contributed by atoms with Crippen LogP contribution in [0.4, 0.5) is 0 Å². The zero-order valence-electron chi connectivity index (χ0n) is 13.6. The van der Waals surface area contributed by atoms with Crippen LogP contribution in [-0.4, -0.2) is 93.9 Å². The minimum absolute atomic E-state index is 0. The maximum atomic E-state index is 12.5. The molecular formula is C13H27ClN4O4S. The molecule has 0 aromatic carbocycles. The van der Waals surface area contributed by atoms with Crippen molar-refractivity contribution in [2.45, 2.75) is 12.8 Å². The lowest BCUT2D eigenvalue weighted by atomic mass is 10.2. The second-order valence-corrected chi connectivity index (χ2v) is 7.43. The molecule has 2 rings (SSSR count). The molecule has 1 N–H and O–H groups in total. The number of carbonyl (C=O) groups is 1. The summed E-state index contributed by atoms with van der Waals surface area (Å²) in [6.07, 6.45) is 1.32. The van der Waals surface area contributed by atoms with E-state index in [9.17, 15) is 13.2 Å². The number of morpholine rings is 1. The summed E-state index contributed by atoms with van der Waals surface area (Å²) in [5.74, 6) is 0.110. The van der Waals surface area contributed by atoms with E-state index in [-0.39, 0.29) is 18.3 Å². The molecule has 0 aliphatic carbocycles. The van der Waals surface area contributed by atoms with Crippen molar-refractivity contribution in [3.05, 3.63) is 0 Å². The van der Waals surface area contributed by atoms with Crippen LogP contribution >= 0.6 is 12.4 Å². The van der Waals surface area contributed by atoms with Gasteiger partial charge in [-0.25, -0.2) is 0 Å². The number of halogens is 1. The third-order valence-corrected chi connectivity index (χ3v) is 6.07. The predicted molar refractivity (Wildman–Crippen MR) is 89.9 cm³/mol. The second kappa shape index (κ2) is 9.75. The van der Waals surface area contributed by atoms with E-state index >= 15 is 0 Å². The molecule has 2 saturated heterocycles. The van der Waals surface area contributed by atoms with E-state index in [4.69, 9.17) is 4.74 Å². The Morgan fingerprint density at radius 1 is 1.04 bits per heavy atom. The summed E-state index contributed by atoms with van der Waals surface area (Å²) >= 11 is 0. The fourth-order valence-corrected chi connectivity index (χ4v) is 4.25. The quantitative estimate of drug-likeness (QED) is 0.614. The van der Waals surface area contributed by atoms with Crippen molar-refractivity contribution < 1.29 is 17.9 Å². The first kappa shape index (κ1) is 20.6. The maximum absolute atomic E-state index is 12.5. The molecule has 0 unspecified atom stereocenters. The van der Waals surface area contributed by atoms with Gasteiger partial charge in [-0.2, -0.15) is 17.0 Å². The van der Waals surface area contributed by atoms with Gasteiger partial charge in [-0.05, 0) is 20.0 Å². The van der Waals surface area contributed by atoms with Crippen molar-refractivity contribution in [2.24, 2.45) is 0 Å². The number of hydrogen-bond donors (Lipinski definition) is 1. The smallest absolute Gasteiger partial charge is 0.282 e. The Balaban J connectivity index is 0.00000264. The minimum Gasteiger partial charge on any atom is -0.379 e. The fraction of sp³-hybridized carbons (Fsp3) is 0.923. The first-order valence-corrected chi connectivity index (χ1v) is 9.20. The van der Waals surface area contributed by atoms with Crippen molar-refractivity contribution in [3.63, 3.8) is 0 Å². The van der Waals surface area contributed by atoms with E-state index < -0.39 is 10.2 Å². The number of piperazine rings is 1. The molecule has 2 fully saturated rings. The van der Waals surface area contributed by atoms with Crippen LogP contribution in [0.3, 0.4) is 0 Å². The van der Waals surface area contributed by atoms with Gasteiger partial charge in [0.25, 0.3) is 10.2 Å². The van der Waals surface area contributed by atoms with Gasteiger partial charge in [0.2, 0.25) is 5.91 Å². The summed E-state index contributed by atoms with van der Waals surface area (Å²) in [5, 5.41) is 3.02. The lowest BCUT2D eigenvalue weighted by molar-refractivity contribution is -0.132. The molecule has 0 aromatic rings. The van der Waals surface area contributed by atoms with Crippen molar-refractivity contribution in [1.29, 1.82) is 0 Å². The van der Waals surface area contributed by atoms with Crippen LogP contribution in [0.25, 0.3) is 0 Å². The molecule has 0 atom stereocenters. The Bertz CT molecular complexity index is 463. The third kappa shape index (κ3) is 5.54. The van der Waals surface area contributed by atoms with Crippen LogP contribution in [0.2, 0.25) is 0 Å². The molecule has 136 valence electrons. The zero-order valence-corrected chi connectivity index (χ0v) is 15.2. The van der Waals surface area contributed by atoms with Crippen LogP contribution < -0.4 is 5.32 Å². The molecule has 2 aliphatic heterocycles. The van der Waals surface area contributed by atoms with Crippen LogP contribution in [0.1, 0.15) is 12.8 Å².